The van der Waals surface area contributed by atoms with Crippen LogP contribution in [-0.2, 0) is 25.5 Å². The molecule has 0 N–H and O–H groups in total. The number of rotatable bonds is 4. The Labute approximate surface area is 146 Å². The normalized spacial score (nSPS) is 20.5. The number of esters is 2. The smallest absolute Gasteiger partial charge is 0.335 e. The second kappa shape index (κ2) is 7.62. The molecule has 6 heteroatoms. The Bertz CT molecular complexity index is 723. The zero-order valence-electron chi connectivity index (χ0n) is 14.1. The van der Waals surface area contributed by atoms with Crippen LogP contribution in [0.1, 0.15) is 19.4 Å². The second-order valence-electron chi connectivity index (χ2n) is 5.65. The molecule has 0 bridgehead atoms. The monoisotopic (exact) mass is 349 g/mol. The van der Waals surface area contributed by atoms with Crippen LogP contribution in [0.2, 0.25) is 5.02 Å². The summed E-state index contributed by atoms with van der Waals surface area (Å²) in [6, 6.07) is 7.36. The topological polar surface area (TPSA) is 65.0 Å². The number of aliphatic imine (C=N–C) groups is 1. The number of nitrogens with zero attached hydrogens (tertiary/aromatic N) is 1. The molecule has 0 spiro atoms. The van der Waals surface area contributed by atoms with E-state index in [1.165, 1.54) is 14.2 Å². The van der Waals surface area contributed by atoms with Crippen LogP contribution < -0.4 is 0 Å². The zero-order valence-corrected chi connectivity index (χ0v) is 14.9. The van der Waals surface area contributed by atoms with Crippen LogP contribution in [0.5, 0.6) is 0 Å². The van der Waals surface area contributed by atoms with Crippen molar-refractivity contribution in [2.75, 3.05) is 14.2 Å². The van der Waals surface area contributed by atoms with Crippen molar-refractivity contribution in [3.63, 3.8) is 0 Å². The summed E-state index contributed by atoms with van der Waals surface area (Å²) < 4.78 is 9.83. The van der Waals surface area contributed by atoms with E-state index in [1.807, 2.05) is 18.2 Å². The molecule has 0 aliphatic carbocycles. The summed E-state index contributed by atoms with van der Waals surface area (Å²) in [6.45, 7) is 3.50. The lowest BCUT2D eigenvalue weighted by Crippen LogP contribution is -2.38. The molecule has 0 fully saturated rings. The van der Waals surface area contributed by atoms with Gasteiger partial charge in [-0.05, 0) is 31.9 Å². The van der Waals surface area contributed by atoms with Gasteiger partial charge in [-0.1, -0.05) is 29.8 Å². The number of methoxy groups -OCH3 is 2. The van der Waals surface area contributed by atoms with Gasteiger partial charge in [-0.25, -0.2) is 4.79 Å². The van der Waals surface area contributed by atoms with Gasteiger partial charge in [0, 0.05) is 22.3 Å². The van der Waals surface area contributed by atoms with Gasteiger partial charge in [0.05, 0.1) is 19.8 Å². The molecule has 24 heavy (non-hydrogen) atoms. The highest BCUT2D eigenvalue weighted by Crippen LogP contribution is 2.36. The van der Waals surface area contributed by atoms with Gasteiger partial charge in [0.15, 0.2) is 0 Å². The SMILES string of the molecule is COC(=O)C1=C(C)N=C(C)C(C(=O)OC)C1Cc1ccccc1Cl. The minimum Gasteiger partial charge on any atom is -0.468 e. The lowest BCUT2D eigenvalue weighted by molar-refractivity contribution is -0.144. The summed E-state index contributed by atoms with van der Waals surface area (Å²) in [4.78, 5) is 29.0. The van der Waals surface area contributed by atoms with Crippen molar-refractivity contribution in [3.8, 4) is 0 Å². The van der Waals surface area contributed by atoms with E-state index in [2.05, 4.69) is 4.99 Å². The average Bonchev–Trinajstić information content (AvgIpc) is 2.55. The van der Waals surface area contributed by atoms with Gasteiger partial charge in [-0.3, -0.25) is 9.79 Å². The van der Waals surface area contributed by atoms with Crippen LogP contribution in [0, 0.1) is 11.8 Å². The van der Waals surface area contributed by atoms with Crippen LogP contribution in [-0.4, -0.2) is 31.9 Å². The van der Waals surface area contributed by atoms with Crippen molar-refractivity contribution in [2.45, 2.75) is 20.3 Å². The Morgan fingerprint density at radius 2 is 1.83 bits per heavy atom. The fraction of sp³-hybridized carbons (Fsp3) is 0.389. The van der Waals surface area contributed by atoms with Crippen molar-refractivity contribution in [3.05, 3.63) is 46.1 Å². The van der Waals surface area contributed by atoms with Crippen molar-refractivity contribution in [1.82, 2.24) is 0 Å². The van der Waals surface area contributed by atoms with E-state index in [9.17, 15) is 9.59 Å². The van der Waals surface area contributed by atoms with Crippen LogP contribution in [0.25, 0.3) is 0 Å². The maximum absolute atomic E-state index is 12.3. The molecule has 0 saturated heterocycles. The standard InChI is InChI=1S/C18H20ClNO4/c1-10-15(17(21)23-3)13(9-12-7-5-6-8-14(12)19)16(11(2)20-10)18(22)24-4/h5-8,13,15H,9H2,1-4H3. The summed E-state index contributed by atoms with van der Waals surface area (Å²) in [5.41, 5.74) is 2.40. The second-order valence-corrected chi connectivity index (χ2v) is 6.05. The average molecular weight is 350 g/mol. The summed E-state index contributed by atoms with van der Waals surface area (Å²) in [6.07, 6.45) is 0.411. The summed E-state index contributed by atoms with van der Waals surface area (Å²) in [5.74, 6) is -2.01. The fourth-order valence-corrected chi connectivity index (χ4v) is 3.32. The van der Waals surface area contributed by atoms with Crippen molar-refractivity contribution >= 4 is 29.3 Å². The molecule has 0 saturated carbocycles. The first-order chi connectivity index (χ1) is 11.4. The maximum Gasteiger partial charge on any atom is 0.335 e. The number of halogens is 1. The van der Waals surface area contributed by atoms with Gasteiger partial charge in [-0.2, -0.15) is 0 Å². The lowest BCUT2D eigenvalue weighted by atomic mass is 9.76. The molecule has 0 aromatic heterocycles. The van der Waals surface area contributed by atoms with E-state index in [4.69, 9.17) is 21.1 Å². The molecule has 2 unspecified atom stereocenters. The minimum atomic E-state index is -0.649. The first kappa shape index (κ1) is 18.2. The highest BCUT2D eigenvalue weighted by atomic mass is 35.5. The Morgan fingerprint density at radius 1 is 1.17 bits per heavy atom. The quantitative estimate of drug-likeness (QED) is 0.783. The molecule has 0 amide bonds. The van der Waals surface area contributed by atoms with Crippen LogP contribution >= 0.6 is 11.6 Å². The van der Waals surface area contributed by atoms with Gasteiger partial charge in [-0.15, -0.1) is 0 Å². The number of ether oxygens (including phenoxy) is 2. The van der Waals surface area contributed by atoms with Gasteiger partial charge in [0.1, 0.15) is 5.92 Å². The molecule has 1 aliphatic rings. The van der Waals surface area contributed by atoms with E-state index in [0.717, 1.165) is 5.56 Å². The molecule has 1 aromatic carbocycles. The van der Waals surface area contributed by atoms with E-state index in [1.54, 1.807) is 19.9 Å². The number of hydrogen-bond acceptors (Lipinski definition) is 5. The highest BCUT2D eigenvalue weighted by Gasteiger charge is 2.41. The van der Waals surface area contributed by atoms with Crippen molar-refractivity contribution in [1.29, 1.82) is 0 Å². The number of hydrogen-bond donors (Lipinski definition) is 0. The van der Waals surface area contributed by atoms with Crippen LogP contribution in [0.3, 0.4) is 0 Å². The van der Waals surface area contributed by atoms with Gasteiger partial charge in [0.25, 0.3) is 0 Å². The van der Waals surface area contributed by atoms with Crippen LogP contribution in [0.4, 0.5) is 0 Å². The first-order valence-corrected chi connectivity index (χ1v) is 7.94. The molecule has 2 rings (SSSR count). The molecule has 1 heterocycles. The Hall–Kier alpha value is -2.14. The predicted octanol–water partition coefficient (Wildman–Crippen LogP) is 3.21. The van der Waals surface area contributed by atoms with Gasteiger partial charge in [0.2, 0.25) is 0 Å². The van der Waals surface area contributed by atoms with E-state index >= 15 is 0 Å². The Kier molecular flexibility index (Phi) is 5.78. The Balaban J connectivity index is 2.53. The Morgan fingerprint density at radius 3 is 2.42 bits per heavy atom. The third kappa shape index (κ3) is 3.51. The molecule has 5 nitrogen and oxygen atoms in total. The number of carbonyl (C=O) groups is 2. The molecular weight excluding hydrogens is 330 g/mol. The number of allylic oxidation sites excluding steroid dienone is 1. The highest BCUT2D eigenvalue weighted by molar-refractivity contribution is 6.31. The first-order valence-electron chi connectivity index (χ1n) is 7.56. The third-order valence-corrected chi connectivity index (χ3v) is 4.58. The van der Waals surface area contributed by atoms with E-state index in [-0.39, 0.29) is 0 Å². The fourth-order valence-electron chi connectivity index (χ4n) is 3.11. The number of carbonyl (C=O) groups excluding carboxylic acids is 2. The van der Waals surface area contributed by atoms with Gasteiger partial charge < -0.3 is 9.47 Å². The molecular formula is C18H20ClNO4. The van der Waals surface area contributed by atoms with Crippen molar-refractivity contribution in [2.24, 2.45) is 16.8 Å². The summed E-state index contributed by atoms with van der Waals surface area (Å²) >= 11 is 6.26. The largest absolute Gasteiger partial charge is 0.468 e. The molecule has 2 atom stereocenters. The zero-order chi connectivity index (χ0) is 17.9. The molecule has 128 valence electrons. The molecule has 1 aliphatic heterocycles. The lowest BCUT2D eigenvalue weighted by Gasteiger charge is -2.31. The third-order valence-electron chi connectivity index (χ3n) is 4.22. The van der Waals surface area contributed by atoms with Crippen LogP contribution in [0.15, 0.2) is 40.5 Å². The van der Waals surface area contributed by atoms with E-state index in [0.29, 0.717) is 28.4 Å². The minimum absolute atomic E-state index is 0.387. The summed E-state index contributed by atoms with van der Waals surface area (Å²) in [7, 11) is 2.64. The predicted molar refractivity (Wildman–Crippen MR) is 92.0 cm³/mol. The van der Waals surface area contributed by atoms with Crippen molar-refractivity contribution < 1.29 is 19.1 Å². The molecule has 1 aromatic rings. The van der Waals surface area contributed by atoms with E-state index < -0.39 is 23.8 Å². The maximum atomic E-state index is 12.3. The number of benzene rings is 1. The molecule has 0 radical (unpaired) electrons. The summed E-state index contributed by atoms with van der Waals surface area (Å²) in [5, 5.41) is 0.586. The van der Waals surface area contributed by atoms with Gasteiger partial charge >= 0.3 is 11.9 Å².